The first-order valence-corrected chi connectivity index (χ1v) is 11.4. The number of hydrogen-bond acceptors (Lipinski definition) is 11. The molecular weight excluding hydrogens is 512 g/mol. The van der Waals surface area contributed by atoms with Crippen molar-refractivity contribution >= 4 is 47.0 Å². The van der Waals surface area contributed by atoms with Gasteiger partial charge < -0.3 is 29.7 Å². The summed E-state index contributed by atoms with van der Waals surface area (Å²) in [5.41, 5.74) is -0.641. The molecule has 1 aliphatic rings. The quantitative estimate of drug-likeness (QED) is 0.229. The van der Waals surface area contributed by atoms with Gasteiger partial charge >= 0.3 is 24.0 Å². The van der Waals surface area contributed by atoms with Crippen LogP contribution in [-0.2, 0) is 33.4 Å². The number of aromatic nitrogens is 4. The maximum atomic E-state index is 12.5. The molecule has 2 aromatic rings. The summed E-state index contributed by atoms with van der Waals surface area (Å²) in [6.07, 6.45) is -3.68. The molecule has 17 nitrogen and oxygen atoms in total. The third kappa shape index (κ3) is 7.25. The average molecular weight is 538 g/mol. The van der Waals surface area contributed by atoms with E-state index in [0.29, 0.717) is 0 Å². The number of H-pyrrole nitrogens is 1. The van der Waals surface area contributed by atoms with Crippen LogP contribution >= 0.6 is 0 Å². The lowest BCUT2D eigenvalue weighted by Crippen LogP contribution is -2.37. The lowest BCUT2D eigenvalue weighted by Gasteiger charge is -2.18. The second-order valence-corrected chi connectivity index (χ2v) is 8.52. The Morgan fingerprint density at radius 2 is 1.95 bits per heavy atom. The fourth-order valence-electron chi connectivity index (χ4n) is 3.39. The summed E-state index contributed by atoms with van der Waals surface area (Å²) >= 11 is 0. The minimum absolute atomic E-state index is 0.0362. The lowest BCUT2D eigenvalue weighted by atomic mass is 10.2. The molecular formula is C21H26N6O11. The molecule has 3 atom stereocenters. The Morgan fingerprint density at radius 1 is 1.21 bits per heavy atom. The standard InChI is InChI=1S/C21H26N6O11/c1-9(2)18(33)25-20-24-17-16(19(34)26-20)23-8-27(17)12-5-10(38-21(35)22-6-14(30)31)11(37-12)7-36-15(32)4-3-13(28)29/h8-12H,3-7H2,1-2H3,(H,22,35)(H,28,29)(H,30,31)(H2,24,25,26,33,34)/t10?,11-,12-/m1/s1. The number of aromatic amines is 1. The van der Waals surface area contributed by atoms with Crippen LogP contribution in [0.1, 0.15) is 39.3 Å². The summed E-state index contributed by atoms with van der Waals surface area (Å²) in [7, 11) is 0. The number of nitrogens with zero attached hydrogens (tertiary/aromatic N) is 3. The van der Waals surface area contributed by atoms with Crippen molar-refractivity contribution in [3.8, 4) is 0 Å². The van der Waals surface area contributed by atoms with Crippen LogP contribution in [0.2, 0.25) is 0 Å². The van der Waals surface area contributed by atoms with E-state index in [9.17, 15) is 28.8 Å². The van der Waals surface area contributed by atoms with E-state index in [-0.39, 0.29) is 41.8 Å². The number of hydrogen-bond donors (Lipinski definition) is 5. The van der Waals surface area contributed by atoms with E-state index in [1.807, 2.05) is 5.32 Å². The second-order valence-electron chi connectivity index (χ2n) is 8.52. The Kier molecular flexibility index (Phi) is 8.95. The van der Waals surface area contributed by atoms with Gasteiger partial charge in [0.2, 0.25) is 11.9 Å². The number of alkyl carbamates (subject to hydrolysis) is 1. The topological polar surface area (TPSA) is 241 Å². The molecule has 3 rings (SSSR count). The molecule has 0 spiro atoms. The van der Waals surface area contributed by atoms with Crippen LogP contribution < -0.4 is 16.2 Å². The van der Waals surface area contributed by atoms with Crippen LogP contribution in [0.15, 0.2) is 11.1 Å². The summed E-state index contributed by atoms with van der Waals surface area (Å²) in [5, 5.41) is 22.0. The highest BCUT2D eigenvalue weighted by atomic mass is 16.6. The summed E-state index contributed by atoms with van der Waals surface area (Å²) in [4.78, 5) is 80.6. The minimum Gasteiger partial charge on any atom is -0.481 e. The third-order valence-electron chi connectivity index (χ3n) is 5.28. The summed E-state index contributed by atoms with van der Waals surface area (Å²) in [5.74, 6) is -4.20. The number of carboxylic acids is 2. The molecule has 5 N–H and O–H groups in total. The Hall–Kier alpha value is -4.54. The molecule has 0 aromatic carbocycles. The number of nitrogens with one attached hydrogen (secondary N) is 3. The number of carbonyl (C=O) groups is 5. The van der Waals surface area contributed by atoms with Gasteiger partial charge in [-0.05, 0) is 0 Å². The Balaban J connectivity index is 1.81. The maximum Gasteiger partial charge on any atom is 0.408 e. The fourth-order valence-corrected chi connectivity index (χ4v) is 3.39. The number of fused-ring (bicyclic) bond motifs is 1. The predicted molar refractivity (Wildman–Crippen MR) is 124 cm³/mol. The largest absolute Gasteiger partial charge is 0.481 e. The number of ether oxygens (including phenoxy) is 3. The number of imidazole rings is 1. The number of rotatable bonds is 11. The number of amides is 2. The predicted octanol–water partition coefficient (Wildman–Crippen LogP) is -0.411. The maximum absolute atomic E-state index is 12.5. The van der Waals surface area contributed by atoms with Gasteiger partial charge in [0.25, 0.3) is 5.56 Å². The molecule has 0 aliphatic carbocycles. The van der Waals surface area contributed by atoms with E-state index in [4.69, 9.17) is 24.4 Å². The van der Waals surface area contributed by atoms with Crippen molar-refractivity contribution in [2.24, 2.45) is 5.92 Å². The van der Waals surface area contributed by atoms with E-state index >= 15 is 0 Å². The highest BCUT2D eigenvalue weighted by molar-refractivity contribution is 5.91. The summed E-state index contributed by atoms with van der Waals surface area (Å²) < 4.78 is 17.6. The van der Waals surface area contributed by atoms with Crippen LogP contribution in [0.25, 0.3) is 11.2 Å². The Morgan fingerprint density at radius 3 is 2.61 bits per heavy atom. The molecule has 1 aliphatic heterocycles. The van der Waals surface area contributed by atoms with Gasteiger partial charge in [0.15, 0.2) is 11.2 Å². The van der Waals surface area contributed by atoms with Crippen molar-refractivity contribution in [1.29, 1.82) is 0 Å². The van der Waals surface area contributed by atoms with Crippen LogP contribution in [0, 0.1) is 5.92 Å². The van der Waals surface area contributed by atoms with Gasteiger partial charge in [-0.25, -0.2) is 9.78 Å². The molecule has 1 saturated heterocycles. The SMILES string of the molecule is CC(C)C(=O)Nc1nc2c(ncn2[C@H]2CC(OC(=O)NCC(=O)O)[C@@H](COC(=O)CCC(=O)O)O2)c(=O)[nH]1. The Bertz CT molecular complexity index is 1290. The normalized spacial score (nSPS) is 18.8. The van der Waals surface area contributed by atoms with Gasteiger partial charge in [0, 0.05) is 12.3 Å². The van der Waals surface area contributed by atoms with Gasteiger partial charge in [0.05, 0.1) is 19.2 Å². The third-order valence-corrected chi connectivity index (χ3v) is 5.28. The zero-order valence-electron chi connectivity index (χ0n) is 20.3. The van der Waals surface area contributed by atoms with E-state index in [2.05, 4.69) is 20.3 Å². The van der Waals surface area contributed by atoms with Crippen molar-refractivity contribution in [3.63, 3.8) is 0 Å². The number of esters is 1. The fraction of sp³-hybridized carbons (Fsp3) is 0.524. The van der Waals surface area contributed by atoms with Gasteiger partial charge in [-0.1, -0.05) is 13.8 Å². The van der Waals surface area contributed by atoms with E-state index < -0.39 is 67.6 Å². The first-order valence-electron chi connectivity index (χ1n) is 11.4. The van der Waals surface area contributed by atoms with Crippen LogP contribution in [0.4, 0.5) is 10.7 Å². The van der Waals surface area contributed by atoms with Crippen molar-refractivity contribution in [2.45, 2.75) is 51.5 Å². The average Bonchev–Trinajstić information content (AvgIpc) is 3.44. The Labute approximate surface area is 213 Å². The molecule has 0 bridgehead atoms. The van der Waals surface area contributed by atoms with Crippen LogP contribution in [0.5, 0.6) is 0 Å². The molecule has 206 valence electrons. The minimum atomic E-state index is -1.30. The van der Waals surface area contributed by atoms with E-state index in [0.717, 1.165) is 0 Å². The molecule has 1 unspecified atom stereocenters. The zero-order valence-corrected chi connectivity index (χ0v) is 20.3. The lowest BCUT2D eigenvalue weighted by molar-refractivity contribution is -0.152. The highest BCUT2D eigenvalue weighted by Gasteiger charge is 2.40. The summed E-state index contributed by atoms with van der Waals surface area (Å²) in [6.45, 7) is 2.20. The number of anilines is 1. The van der Waals surface area contributed by atoms with Crippen molar-refractivity contribution in [3.05, 3.63) is 16.7 Å². The molecule has 2 amide bonds. The summed E-state index contributed by atoms with van der Waals surface area (Å²) in [6, 6.07) is 0. The molecule has 17 heteroatoms. The number of aliphatic carboxylic acids is 2. The van der Waals surface area contributed by atoms with Crippen molar-refractivity contribution in [1.82, 2.24) is 24.8 Å². The second kappa shape index (κ2) is 12.1. The smallest absolute Gasteiger partial charge is 0.408 e. The first kappa shape index (κ1) is 28.0. The van der Waals surface area contributed by atoms with E-state index in [1.54, 1.807) is 13.8 Å². The first-order chi connectivity index (χ1) is 17.9. The monoisotopic (exact) mass is 538 g/mol. The van der Waals surface area contributed by atoms with Gasteiger partial charge in [0.1, 0.15) is 31.6 Å². The van der Waals surface area contributed by atoms with Crippen LogP contribution in [-0.4, -0.2) is 85.0 Å². The van der Waals surface area contributed by atoms with Gasteiger partial charge in [-0.2, -0.15) is 4.98 Å². The number of carbonyl (C=O) groups excluding carboxylic acids is 3. The van der Waals surface area contributed by atoms with Crippen molar-refractivity contribution < 1.29 is 48.4 Å². The van der Waals surface area contributed by atoms with Crippen LogP contribution in [0.3, 0.4) is 0 Å². The molecule has 3 heterocycles. The van der Waals surface area contributed by atoms with Gasteiger partial charge in [-0.3, -0.25) is 38.8 Å². The molecule has 1 fully saturated rings. The highest BCUT2D eigenvalue weighted by Crippen LogP contribution is 2.33. The molecule has 38 heavy (non-hydrogen) atoms. The molecule has 2 aromatic heterocycles. The molecule has 0 saturated carbocycles. The van der Waals surface area contributed by atoms with Crippen molar-refractivity contribution in [2.75, 3.05) is 18.5 Å². The zero-order chi connectivity index (χ0) is 28.0. The van der Waals surface area contributed by atoms with E-state index in [1.165, 1.54) is 10.9 Å². The number of carboxylic acid groups (broad SMARTS) is 2. The van der Waals surface area contributed by atoms with Gasteiger partial charge in [-0.15, -0.1) is 0 Å². The molecule has 0 radical (unpaired) electrons.